The van der Waals surface area contributed by atoms with Gasteiger partial charge in [0.15, 0.2) is 0 Å². The lowest BCUT2D eigenvalue weighted by Crippen LogP contribution is -2.53. The van der Waals surface area contributed by atoms with E-state index >= 15 is 0 Å². The lowest BCUT2D eigenvalue weighted by atomic mass is 9.94. The third-order valence-corrected chi connectivity index (χ3v) is 4.43. The Labute approximate surface area is 152 Å². The molecule has 2 atom stereocenters. The number of amides is 2. The van der Waals surface area contributed by atoms with Crippen molar-refractivity contribution in [2.75, 3.05) is 6.54 Å². The fourth-order valence-corrected chi connectivity index (χ4v) is 2.86. The van der Waals surface area contributed by atoms with Crippen LogP contribution >= 0.6 is 12.4 Å². The molecule has 0 aromatic heterocycles. The van der Waals surface area contributed by atoms with Crippen LogP contribution in [0.3, 0.4) is 0 Å². The van der Waals surface area contributed by atoms with Gasteiger partial charge >= 0.3 is 0 Å². The van der Waals surface area contributed by atoms with E-state index in [0.29, 0.717) is 12.5 Å². The van der Waals surface area contributed by atoms with Gasteiger partial charge in [-0.1, -0.05) is 6.07 Å². The zero-order valence-corrected chi connectivity index (χ0v) is 15.1. The summed E-state index contributed by atoms with van der Waals surface area (Å²) in [6.45, 7) is 3.47. The van der Waals surface area contributed by atoms with Crippen LogP contribution in [0.1, 0.15) is 44.7 Å². The van der Waals surface area contributed by atoms with E-state index in [9.17, 15) is 18.4 Å². The van der Waals surface area contributed by atoms with Crippen molar-refractivity contribution in [3.8, 4) is 0 Å². The van der Waals surface area contributed by atoms with Crippen molar-refractivity contribution in [3.63, 3.8) is 0 Å². The number of nitrogens with two attached hydrogens (primary N) is 1. The van der Waals surface area contributed by atoms with E-state index < -0.39 is 29.1 Å². The van der Waals surface area contributed by atoms with Gasteiger partial charge in [-0.2, -0.15) is 0 Å². The van der Waals surface area contributed by atoms with Gasteiger partial charge in [-0.15, -0.1) is 12.4 Å². The molecule has 1 aliphatic rings. The zero-order valence-electron chi connectivity index (χ0n) is 14.3. The second-order valence-corrected chi connectivity index (χ2v) is 6.57. The van der Waals surface area contributed by atoms with Gasteiger partial charge in [-0.05, 0) is 31.7 Å². The van der Waals surface area contributed by atoms with Gasteiger partial charge in [0.2, 0.25) is 11.8 Å². The van der Waals surface area contributed by atoms with E-state index in [1.807, 2.05) is 6.92 Å². The maximum absolute atomic E-state index is 14.0. The van der Waals surface area contributed by atoms with Crippen LogP contribution in [-0.4, -0.2) is 23.9 Å². The van der Waals surface area contributed by atoms with E-state index in [2.05, 4.69) is 10.6 Å². The third kappa shape index (κ3) is 5.64. The van der Waals surface area contributed by atoms with Gasteiger partial charge in [0, 0.05) is 25.1 Å². The van der Waals surface area contributed by atoms with E-state index in [-0.39, 0.29) is 30.3 Å². The molecule has 1 saturated carbocycles. The number of halogens is 3. The molecule has 1 aromatic carbocycles. The molecule has 140 valence electrons. The van der Waals surface area contributed by atoms with E-state index in [1.165, 1.54) is 13.0 Å². The molecule has 0 heterocycles. The van der Waals surface area contributed by atoms with Crippen molar-refractivity contribution < 1.29 is 18.4 Å². The van der Waals surface area contributed by atoms with Gasteiger partial charge in [0.25, 0.3) is 0 Å². The molecule has 2 unspecified atom stereocenters. The molecule has 4 N–H and O–H groups in total. The topological polar surface area (TPSA) is 84.2 Å². The van der Waals surface area contributed by atoms with Crippen molar-refractivity contribution in [2.45, 2.75) is 44.7 Å². The van der Waals surface area contributed by atoms with Crippen LogP contribution in [0.15, 0.2) is 18.2 Å². The first-order valence-electron chi connectivity index (χ1n) is 7.98. The highest BCUT2D eigenvalue weighted by molar-refractivity contribution is 5.85. The molecule has 1 aromatic rings. The monoisotopic (exact) mass is 375 g/mol. The number of carbonyl (C=O) groups excluding carboxylic acids is 2. The second-order valence-electron chi connectivity index (χ2n) is 6.57. The number of hydrogen-bond donors (Lipinski definition) is 3. The second kappa shape index (κ2) is 8.58. The van der Waals surface area contributed by atoms with Gasteiger partial charge in [0.05, 0.1) is 18.0 Å². The average molecular weight is 376 g/mol. The Bertz CT molecular complexity index is 640. The van der Waals surface area contributed by atoms with Crippen LogP contribution in [0, 0.1) is 17.6 Å². The van der Waals surface area contributed by atoms with Gasteiger partial charge in [-0.25, -0.2) is 8.78 Å². The summed E-state index contributed by atoms with van der Waals surface area (Å²) in [6, 6.07) is 2.20. The largest absolute Gasteiger partial charge is 0.349 e. The Morgan fingerprint density at radius 2 is 2.00 bits per heavy atom. The minimum Gasteiger partial charge on any atom is -0.349 e. The zero-order chi connectivity index (χ0) is 17.9. The van der Waals surface area contributed by atoms with Crippen molar-refractivity contribution in [1.29, 1.82) is 0 Å². The van der Waals surface area contributed by atoms with Crippen molar-refractivity contribution >= 4 is 24.2 Å². The first-order valence-corrected chi connectivity index (χ1v) is 7.98. The van der Waals surface area contributed by atoms with Crippen LogP contribution in [-0.2, 0) is 9.59 Å². The molecule has 0 spiro atoms. The normalized spacial score (nSPS) is 17.0. The molecule has 5 nitrogen and oxygen atoms in total. The predicted molar refractivity (Wildman–Crippen MR) is 93.1 cm³/mol. The highest BCUT2D eigenvalue weighted by Crippen LogP contribution is 2.39. The van der Waals surface area contributed by atoms with Crippen LogP contribution in [0.2, 0.25) is 0 Å². The molecule has 8 heteroatoms. The molecule has 1 aliphatic carbocycles. The highest BCUT2D eigenvalue weighted by Gasteiger charge is 2.41. The lowest BCUT2D eigenvalue weighted by Gasteiger charge is -2.30. The van der Waals surface area contributed by atoms with Gasteiger partial charge in [-0.3, -0.25) is 9.59 Å². The smallest absolute Gasteiger partial charge is 0.222 e. The first kappa shape index (κ1) is 21.3. The quantitative estimate of drug-likeness (QED) is 0.683. The Hall–Kier alpha value is -1.73. The lowest BCUT2D eigenvalue weighted by molar-refractivity contribution is -0.124. The summed E-state index contributed by atoms with van der Waals surface area (Å²) in [4.78, 5) is 23.8. The number of nitrogens with one attached hydrogen (secondary N) is 2. The predicted octanol–water partition coefficient (Wildman–Crippen LogP) is 2.20. The van der Waals surface area contributed by atoms with Crippen molar-refractivity contribution in [2.24, 2.45) is 11.7 Å². The highest BCUT2D eigenvalue weighted by atomic mass is 35.5. The molecular weight excluding hydrogens is 352 g/mol. The summed E-state index contributed by atoms with van der Waals surface area (Å²) < 4.78 is 27.1. The van der Waals surface area contributed by atoms with Crippen LogP contribution in [0.4, 0.5) is 8.78 Å². The summed E-state index contributed by atoms with van der Waals surface area (Å²) in [6.07, 6.45) is 1.87. The van der Waals surface area contributed by atoms with Crippen LogP contribution in [0.25, 0.3) is 0 Å². The summed E-state index contributed by atoms with van der Waals surface area (Å²) in [5.74, 6) is -1.91. The molecule has 0 saturated heterocycles. The molecule has 0 bridgehead atoms. The summed E-state index contributed by atoms with van der Waals surface area (Å²) in [5.41, 5.74) is 5.34. The van der Waals surface area contributed by atoms with E-state index in [1.54, 1.807) is 0 Å². The fraction of sp³-hybridized carbons (Fsp3) is 0.529. The summed E-state index contributed by atoms with van der Waals surface area (Å²) in [5, 5.41) is 5.44. The molecule has 0 radical (unpaired) electrons. The minimum absolute atomic E-state index is 0. The molecule has 2 amide bonds. The Kier molecular flexibility index (Phi) is 7.31. The Morgan fingerprint density at radius 1 is 1.36 bits per heavy atom. The number of rotatable bonds is 7. The Morgan fingerprint density at radius 3 is 2.48 bits per heavy atom. The van der Waals surface area contributed by atoms with Crippen molar-refractivity contribution in [3.05, 3.63) is 35.4 Å². The summed E-state index contributed by atoms with van der Waals surface area (Å²) in [7, 11) is 0. The number of hydrogen-bond acceptors (Lipinski definition) is 3. The van der Waals surface area contributed by atoms with Crippen molar-refractivity contribution in [1.82, 2.24) is 10.6 Å². The third-order valence-electron chi connectivity index (χ3n) is 4.43. The number of benzene rings is 1. The summed E-state index contributed by atoms with van der Waals surface area (Å²) >= 11 is 0. The molecule has 0 aliphatic heterocycles. The van der Waals surface area contributed by atoms with E-state index in [4.69, 9.17) is 5.73 Å². The standard InChI is InChI=1S/C17H23F2N3O2.ClH/c1-10(23)21-15(13-6-5-12(18)7-14(13)19)8-16(24)22-17(2,9-20)11-3-4-11;/h5-7,11,15H,3-4,8-9,20H2,1-2H3,(H,21,23)(H,22,24);1H. The average Bonchev–Trinajstić information content (AvgIpc) is 3.30. The molecule has 25 heavy (non-hydrogen) atoms. The Balaban J connectivity index is 0.00000312. The SMILES string of the molecule is CC(=O)NC(CC(=O)NC(C)(CN)C1CC1)c1ccc(F)cc1F.Cl. The van der Waals surface area contributed by atoms with Gasteiger partial charge in [0.1, 0.15) is 11.6 Å². The molecule has 1 fully saturated rings. The maximum Gasteiger partial charge on any atom is 0.222 e. The van der Waals surface area contributed by atoms with E-state index in [0.717, 1.165) is 25.0 Å². The minimum atomic E-state index is -0.871. The molecule has 2 rings (SSSR count). The molecular formula is C17H24ClF2N3O2. The fourth-order valence-electron chi connectivity index (χ4n) is 2.86. The maximum atomic E-state index is 14.0. The van der Waals surface area contributed by atoms with Crippen LogP contribution < -0.4 is 16.4 Å². The number of carbonyl (C=O) groups is 2. The van der Waals surface area contributed by atoms with Crippen LogP contribution in [0.5, 0.6) is 0 Å². The van der Waals surface area contributed by atoms with Gasteiger partial charge < -0.3 is 16.4 Å². The first-order chi connectivity index (χ1) is 11.2.